The predicted molar refractivity (Wildman–Crippen MR) is 86.2 cm³/mol. The lowest BCUT2D eigenvalue weighted by atomic mass is 9.94. The van der Waals surface area contributed by atoms with Crippen LogP contribution in [0.25, 0.3) is 0 Å². The average molecular weight is 327 g/mol. The lowest BCUT2D eigenvalue weighted by molar-refractivity contribution is -0.114. The lowest BCUT2D eigenvalue weighted by Gasteiger charge is -2.35. The minimum absolute atomic E-state index is 0.000914. The van der Waals surface area contributed by atoms with E-state index in [0.29, 0.717) is 0 Å². The lowest BCUT2D eigenvalue weighted by Crippen LogP contribution is -2.52. The van der Waals surface area contributed by atoms with Gasteiger partial charge in [-0.1, -0.05) is 13.2 Å². The van der Waals surface area contributed by atoms with Gasteiger partial charge in [-0.2, -0.15) is 0 Å². The van der Waals surface area contributed by atoms with Gasteiger partial charge in [-0.25, -0.2) is 4.99 Å². The molecule has 0 aromatic heterocycles. The summed E-state index contributed by atoms with van der Waals surface area (Å²) in [5.41, 5.74) is 15.0. The molecule has 0 aromatic rings. The number of ether oxygens (including phenoxy) is 1. The normalized spacial score (nSPS) is 33.3. The van der Waals surface area contributed by atoms with Crippen LogP contribution in [0.15, 0.2) is 41.6 Å². The zero-order chi connectivity index (χ0) is 17.9. The Labute approximate surface area is 135 Å². The van der Waals surface area contributed by atoms with E-state index >= 15 is 0 Å². The van der Waals surface area contributed by atoms with Gasteiger partial charge in [-0.05, 0) is 13.8 Å². The van der Waals surface area contributed by atoms with E-state index in [1.165, 1.54) is 24.9 Å². The quantitative estimate of drug-likeness (QED) is 0.190. The molecule has 23 heavy (non-hydrogen) atoms. The largest absolute Gasteiger partial charge is 0.397 e. The summed E-state index contributed by atoms with van der Waals surface area (Å²) in [5.74, 6) is 0.0405. The Hall–Kier alpha value is -2.07. The van der Waals surface area contributed by atoms with Crippen molar-refractivity contribution in [2.75, 3.05) is 0 Å². The molecule has 1 fully saturated rings. The van der Waals surface area contributed by atoms with Gasteiger partial charge < -0.3 is 42.2 Å². The van der Waals surface area contributed by atoms with Crippen LogP contribution in [0.4, 0.5) is 0 Å². The molecule has 1 aliphatic heterocycles. The van der Waals surface area contributed by atoms with Crippen LogP contribution in [0.5, 0.6) is 0 Å². The van der Waals surface area contributed by atoms with Crippen molar-refractivity contribution in [1.29, 1.82) is 0 Å². The van der Waals surface area contributed by atoms with E-state index in [1.807, 2.05) is 0 Å². The van der Waals surface area contributed by atoms with Crippen molar-refractivity contribution in [1.82, 2.24) is 4.90 Å². The van der Waals surface area contributed by atoms with Gasteiger partial charge >= 0.3 is 0 Å². The van der Waals surface area contributed by atoms with E-state index in [0.717, 1.165) is 6.34 Å². The number of nitrogens with two attached hydrogens (primary N) is 3. The summed E-state index contributed by atoms with van der Waals surface area (Å²) in [6.07, 6.45) is -2.24. The summed E-state index contributed by atoms with van der Waals surface area (Å²) in [4.78, 5) is 5.17. The van der Waals surface area contributed by atoms with Gasteiger partial charge in [-0.3, -0.25) is 0 Å². The maximum absolute atomic E-state index is 10.6. The fraction of sp³-hybridized carbons (Fsp3) is 0.500. The molecule has 0 unspecified atom stereocenters. The van der Waals surface area contributed by atoms with Crippen LogP contribution in [0, 0.1) is 0 Å². The standard InChI is InChI=1S/C14H25N5O4/c1-5-19(12(18-6-15)9(17)7(2)16)13-14(4,22)11(21)10(23-13)8(3)20/h5-6,8,10-11,13,20-22H,1-2,16-17H2,3-4H3,(H2,15,18)/b12-9-/t8-,10+,11+,13+,14+/m0/s1. The Morgan fingerprint density at radius 1 is 1.48 bits per heavy atom. The number of aliphatic hydroxyl groups excluding tert-OH is 2. The molecule has 1 saturated heterocycles. The SMILES string of the molecule is C=CN(/C(N=CN)=C(\N)C(=C)N)[C@@H]1O[C@H]([C@H](C)O)[C@@H](O)[C@@]1(C)O. The molecule has 130 valence electrons. The van der Waals surface area contributed by atoms with Crippen LogP contribution >= 0.6 is 0 Å². The van der Waals surface area contributed by atoms with Gasteiger partial charge in [0, 0.05) is 6.20 Å². The first-order valence-electron chi connectivity index (χ1n) is 6.93. The molecule has 1 aliphatic rings. The van der Waals surface area contributed by atoms with E-state index in [4.69, 9.17) is 21.9 Å². The maximum atomic E-state index is 10.6. The Morgan fingerprint density at radius 2 is 2.04 bits per heavy atom. The highest BCUT2D eigenvalue weighted by atomic mass is 16.6. The van der Waals surface area contributed by atoms with Crippen molar-refractivity contribution in [3.63, 3.8) is 0 Å². The molecule has 9 heteroatoms. The average Bonchev–Trinajstić information content (AvgIpc) is 2.70. The summed E-state index contributed by atoms with van der Waals surface area (Å²) >= 11 is 0. The van der Waals surface area contributed by atoms with Gasteiger partial charge in [0.1, 0.15) is 17.8 Å². The molecular weight excluding hydrogens is 302 g/mol. The molecule has 0 spiro atoms. The second kappa shape index (κ2) is 7.01. The molecule has 1 heterocycles. The Kier molecular flexibility index (Phi) is 5.78. The summed E-state index contributed by atoms with van der Waals surface area (Å²) in [6.45, 7) is 9.95. The summed E-state index contributed by atoms with van der Waals surface area (Å²) in [6, 6.07) is 0. The second-order valence-electron chi connectivity index (χ2n) is 5.49. The molecule has 0 bridgehead atoms. The van der Waals surface area contributed by atoms with Gasteiger partial charge in [0.05, 0.1) is 23.8 Å². The number of aliphatic hydroxyl groups is 3. The fourth-order valence-electron chi connectivity index (χ4n) is 2.35. The van der Waals surface area contributed by atoms with Gasteiger partial charge in [0.2, 0.25) is 0 Å². The fourth-order valence-corrected chi connectivity index (χ4v) is 2.35. The van der Waals surface area contributed by atoms with E-state index in [2.05, 4.69) is 18.2 Å². The molecule has 1 rings (SSSR count). The number of aliphatic imine (C=N–C) groups is 1. The monoisotopic (exact) mass is 327 g/mol. The van der Waals surface area contributed by atoms with E-state index < -0.39 is 30.1 Å². The van der Waals surface area contributed by atoms with Crippen molar-refractivity contribution in [2.45, 2.75) is 44.0 Å². The molecule has 0 aromatic carbocycles. The highest BCUT2D eigenvalue weighted by Crippen LogP contribution is 2.36. The van der Waals surface area contributed by atoms with Crippen molar-refractivity contribution in [3.8, 4) is 0 Å². The van der Waals surface area contributed by atoms with Crippen LogP contribution in [-0.2, 0) is 4.74 Å². The molecule has 5 atom stereocenters. The molecular formula is C14H25N5O4. The first-order chi connectivity index (χ1) is 10.6. The second-order valence-corrected chi connectivity index (χ2v) is 5.49. The minimum Gasteiger partial charge on any atom is -0.397 e. The Balaban J connectivity index is 3.36. The van der Waals surface area contributed by atoms with Crippen LogP contribution < -0.4 is 17.2 Å². The number of nitrogens with zero attached hydrogens (tertiary/aromatic N) is 2. The first kappa shape index (κ1) is 19.0. The molecule has 9 N–H and O–H groups in total. The number of rotatable bonds is 6. The molecule has 0 amide bonds. The van der Waals surface area contributed by atoms with Crippen molar-refractivity contribution < 1.29 is 20.1 Å². The topological polar surface area (TPSA) is 164 Å². The van der Waals surface area contributed by atoms with E-state index in [9.17, 15) is 15.3 Å². The van der Waals surface area contributed by atoms with Crippen LogP contribution in [0.1, 0.15) is 13.8 Å². The van der Waals surface area contributed by atoms with Crippen LogP contribution in [0.3, 0.4) is 0 Å². The zero-order valence-corrected chi connectivity index (χ0v) is 13.3. The zero-order valence-electron chi connectivity index (χ0n) is 13.3. The summed E-state index contributed by atoms with van der Waals surface area (Å²) in [5, 5.41) is 30.5. The molecule has 0 aliphatic carbocycles. The van der Waals surface area contributed by atoms with Crippen molar-refractivity contribution in [2.24, 2.45) is 22.2 Å². The Bertz CT molecular complexity index is 529. The molecule has 9 nitrogen and oxygen atoms in total. The first-order valence-corrected chi connectivity index (χ1v) is 6.93. The van der Waals surface area contributed by atoms with Gasteiger partial charge in [0.25, 0.3) is 0 Å². The van der Waals surface area contributed by atoms with Crippen molar-refractivity contribution >= 4 is 6.34 Å². The summed E-state index contributed by atoms with van der Waals surface area (Å²) in [7, 11) is 0. The van der Waals surface area contributed by atoms with Gasteiger partial charge in [-0.15, -0.1) is 0 Å². The molecule has 0 radical (unpaired) electrons. The third-order valence-electron chi connectivity index (χ3n) is 3.65. The Morgan fingerprint density at radius 3 is 2.39 bits per heavy atom. The summed E-state index contributed by atoms with van der Waals surface area (Å²) < 4.78 is 5.59. The highest BCUT2D eigenvalue weighted by Gasteiger charge is 2.56. The predicted octanol–water partition coefficient (Wildman–Crippen LogP) is -1.76. The van der Waals surface area contributed by atoms with E-state index in [-0.39, 0.29) is 17.2 Å². The highest BCUT2D eigenvalue weighted by molar-refractivity contribution is 5.54. The van der Waals surface area contributed by atoms with Crippen molar-refractivity contribution in [3.05, 3.63) is 36.6 Å². The number of hydrogen-bond donors (Lipinski definition) is 6. The maximum Gasteiger partial charge on any atom is 0.167 e. The smallest absolute Gasteiger partial charge is 0.167 e. The number of hydrogen-bond acceptors (Lipinski definition) is 8. The van der Waals surface area contributed by atoms with Crippen LogP contribution in [-0.4, -0.2) is 56.7 Å². The van der Waals surface area contributed by atoms with Crippen LogP contribution in [0.2, 0.25) is 0 Å². The van der Waals surface area contributed by atoms with E-state index in [1.54, 1.807) is 0 Å². The third-order valence-corrected chi connectivity index (χ3v) is 3.65. The minimum atomic E-state index is -1.75. The third kappa shape index (κ3) is 3.48. The van der Waals surface area contributed by atoms with Gasteiger partial charge in [0.15, 0.2) is 12.0 Å². The molecule has 0 saturated carbocycles.